The quantitative estimate of drug-likeness (QED) is 0.761. The maximum atomic E-state index is 12.1. The van der Waals surface area contributed by atoms with E-state index in [1.807, 2.05) is 59.9 Å². The lowest BCUT2D eigenvalue weighted by atomic mass is 10.3. The second-order valence-electron chi connectivity index (χ2n) is 4.34. The monoisotopic (exact) mass is 251 g/mol. The zero-order valence-corrected chi connectivity index (χ0v) is 10.5. The first-order valence-corrected chi connectivity index (χ1v) is 6.05. The molecule has 0 bridgehead atoms. The van der Waals surface area contributed by atoms with Gasteiger partial charge in [0.15, 0.2) is 0 Å². The van der Waals surface area contributed by atoms with Gasteiger partial charge in [-0.1, -0.05) is 24.3 Å². The van der Waals surface area contributed by atoms with Crippen molar-refractivity contribution in [2.45, 2.75) is 6.92 Å². The summed E-state index contributed by atoms with van der Waals surface area (Å²) in [5.41, 5.74) is 3.00. The predicted molar refractivity (Wildman–Crippen MR) is 74.3 cm³/mol. The van der Waals surface area contributed by atoms with Crippen LogP contribution in [0.5, 0.6) is 0 Å². The molecule has 0 atom stereocenters. The number of fused-ring (bicyclic) bond motifs is 1. The lowest BCUT2D eigenvalue weighted by Gasteiger charge is -2.01. The van der Waals surface area contributed by atoms with Crippen LogP contribution in [0.4, 0.5) is 5.69 Å². The highest BCUT2D eigenvalue weighted by Crippen LogP contribution is 2.11. The number of benzene rings is 1. The first-order chi connectivity index (χ1) is 9.24. The Bertz CT molecular complexity index is 731. The molecule has 3 aromatic rings. The Morgan fingerprint density at radius 1 is 1.11 bits per heavy atom. The molecule has 0 saturated carbocycles. The average Bonchev–Trinajstić information content (AvgIpc) is 2.85. The van der Waals surface area contributed by atoms with Crippen LogP contribution in [-0.2, 0) is 0 Å². The van der Waals surface area contributed by atoms with Crippen LogP contribution in [-0.4, -0.2) is 15.3 Å². The van der Waals surface area contributed by atoms with Crippen molar-refractivity contribution in [3.8, 4) is 0 Å². The van der Waals surface area contributed by atoms with Gasteiger partial charge >= 0.3 is 0 Å². The second kappa shape index (κ2) is 4.57. The van der Waals surface area contributed by atoms with Crippen LogP contribution in [0.25, 0.3) is 5.65 Å². The van der Waals surface area contributed by atoms with E-state index in [4.69, 9.17) is 0 Å². The Balaban J connectivity index is 1.92. The molecule has 0 unspecified atom stereocenters. The van der Waals surface area contributed by atoms with Gasteiger partial charge in [0, 0.05) is 17.6 Å². The van der Waals surface area contributed by atoms with Gasteiger partial charge in [0.2, 0.25) is 0 Å². The molecule has 19 heavy (non-hydrogen) atoms. The van der Waals surface area contributed by atoms with Gasteiger partial charge in [0.25, 0.3) is 5.91 Å². The third kappa shape index (κ3) is 2.20. The normalized spacial score (nSPS) is 10.6. The number of nitrogens with zero attached hydrogens (tertiary/aromatic N) is 2. The molecule has 1 amide bonds. The summed E-state index contributed by atoms with van der Waals surface area (Å²) >= 11 is 0. The minimum absolute atomic E-state index is 0.200. The van der Waals surface area contributed by atoms with Crippen molar-refractivity contribution in [2.75, 3.05) is 5.32 Å². The van der Waals surface area contributed by atoms with Crippen LogP contribution < -0.4 is 5.32 Å². The van der Waals surface area contributed by atoms with Gasteiger partial charge in [-0.05, 0) is 31.2 Å². The smallest absolute Gasteiger partial charge is 0.275 e. The van der Waals surface area contributed by atoms with Crippen molar-refractivity contribution in [2.24, 2.45) is 0 Å². The fraction of sp³-hybridized carbons (Fsp3) is 0.0667. The molecule has 0 aliphatic rings. The Morgan fingerprint density at radius 2 is 1.89 bits per heavy atom. The highest BCUT2D eigenvalue weighted by Gasteiger charge is 2.11. The number of carbonyl (C=O) groups is 1. The number of pyridine rings is 1. The van der Waals surface area contributed by atoms with Crippen LogP contribution in [0.1, 0.15) is 16.2 Å². The Labute approximate surface area is 110 Å². The largest absolute Gasteiger partial charge is 0.321 e. The summed E-state index contributed by atoms with van der Waals surface area (Å²) in [6.45, 7) is 1.98. The van der Waals surface area contributed by atoms with E-state index in [1.54, 1.807) is 6.20 Å². The van der Waals surface area contributed by atoms with E-state index in [0.717, 1.165) is 17.0 Å². The molecule has 0 fully saturated rings. The molecule has 2 heterocycles. The number of aryl methyl sites for hydroxylation is 1. The van der Waals surface area contributed by atoms with Crippen molar-refractivity contribution in [3.05, 3.63) is 66.1 Å². The van der Waals surface area contributed by atoms with Gasteiger partial charge < -0.3 is 9.72 Å². The van der Waals surface area contributed by atoms with Gasteiger partial charge in [0.05, 0.1) is 0 Å². The number of rotatable bonds is 2. The van der Waals surface area contributed by atoms with E-state index in [0.29, 0.717) is 5.69 Å². The molecule has 94 valence electrons. The highest BCUT2D eigenvalue weighted by molar-refractivity contribution is 6.03. The van der Waals surface area contributed by atoms with Crippen LogP contribution in [0.2, 0.25) is 0 Å². The summed E-state index contributed by atoms with van der Waals surface area (Å²) in [6, 6.07) is 15.1. The number of imidazole rings is 1. The molecule has 4 heteroatoms. The van der Waals surface area contributed by atoms with Crippen molar-refractivity contribution < 1.29 is 4.79 Å². The van der Waals surface area contributed by atoms with Gasteiger partial charge in [0.1, 0.15) is 11.3 Å². The minimum Gasteiger partial charge on any atom is -0.321 e. The van der Waals surface area contributed by atoms with Crippen molar-refractivity contribution >= 4 is 17.2 Å². The van der Waals surface area contributed by atoms with E-state index in [-0.39, 0.29) is 5.91 Å². The average molecular weight is 251 g/mol. The number of nitrogens with one attached hydrogen (secondary N) is 1. The predicted octanol–water partition coefficient (Wildman–Crippen LogP) is 2.90. The van der Waals surface area contributed by atoms with Crippen LogP contribution >= 0.6 is 0 Å². The summed E-state index contributed by atoms with van der Waals surface area (Å²) in [5.74, 6) is -0.200. The van der Waals surface area contributed by atoms with E-state index in [2.05, 4.69) is 10.3 Å². The molecule has 0 saturated heterocycles. The zero-order valence-electron chi connectivity index (χ0n) is 10.5. The fourth-order valence-electron chi connectivity index (χ4n) is 1.97. The molecule has 4 nitrogen and oxygen atoms in total. The topological polar surface area (TPSA) is 46.4 Å². The van der Waals surface area contributed by atoms with Gasteiger partial charge in [-0.25, -0.2) is 4.98 Å². The Kier molecular flexibility index (Phi) is 2.76. The third-order valence-electron chi connectivity index (χ3n) is 2.96. The fourth-order valence-corrected chi connectivity index (χ4v) is 1.97. The number of para-hydroxylation sites is 1. The lowest BCUT2D eigenvalue weighted by molar-refractivity contribution is 0.102. The minimum atomic E-state index is -0.200. The van der Waals surface area contributed by atoms with Gasteiger partial charge in [-0.15, -0.1) is 0 Å². The summed E-state index contributed by atoms with van der Waals surface area (Å²) in [7, 11) is 0. The molecule has 3 rings (SSSR count). The van der Waals surface area contributed by atoms with Crippen molar-refractivity contribution in [1.29, 1.82) is 0 Å². The third-order valence-corrected chi connectivity index (χ3v) is 2.96. The maximum Gasteiger partial charge on any atom is 0.275 e. The van der Waals surface area contributed by atoms with E-state index in [9.17, 15) is 4.79 Å². The molecule has 1 N–H and O–H groups in total. The number of carbonyl (C=O) groups excluding carboxylic acids is 1. The van der Waals surface area contributed by atoms with Crippen LogP contribution in [0.3, 0.4) is 0 Å². The van der Waals surface area contributed by atoms with Gasteiger partial charge in [-0.2, -0.15) is 0 Å². The van der Waals surface area contributed by atoms with E-state index in [1.165, 1.54) is 0 Å². The van der Waals surface area contributed by atoms with E-state index < -0.39 is 0 Å². The van der Waals surface area contributed by atoms with E-state index >= 15 is 0 Å². The molecule has 0 radical (unpaired) electrons. The molecule has 0 aliphatic carbocycles. The van der Waals surface area contributed by atoms with Crippen molar-refractivity contribution in [1.82, 2.24) is 9.38 Å². The SMILES string of the molecule is Cc1cccc2nc(C(=O)Nc3ccccc3)cn12. The molecular formula is C15H13N3O. The second-order valence-corrected chi connectivity index (χ2v) is 4.34. The number of hydrogen-bond donors (Lipinski definition) is 1. The molecular weight excluding hydrogens is 238 g/mol. The lowest BCUT2D eigenvalue weighted by Crippen LogP contribution is -2.12. The Morgan fingerprint density at radius 3 is 2.63 bits per heavy atom. The molecule has 0 spiro atoms. The molecule has 0 aliphatic heterocycles. The van der Waals surface area contributed by atoms with Crippen LogP contribution in [0.15, 0.2) is 54.7 Å². The summed E-state index contributed by atoms with van der Waals surface area (Å²) in [5, 5.41) is 2.82. The maximum absolute atomic E-state index is 12.1. The first kappa shape index (κ1) is 11.5. The summed E-state index contributed by atoms with van der Waals surface area (Å²) < 4.78 is 1.90. The van der Waals surface area contributed by atoms with Crippen LogP contribution in [0, 0.1) is 6.92 Å². The number of amides is 1. The van der Waals surface area contributed by atoms with Gasteiger partial charge in [-0.3, -0.25) is 4.79 Å². The zero-order chi connectivity index (χ0) is 13.2. The number of aromatic nitrogens is 2. The van der Waals surface area contributed by atoms with Crippen molar-refractivity contribution in [3.63, 3.8) is 0 Å². The Hall–Kier alpha value is -2.62. The first-order valence-electron chi connectivity index (χ1n) is 6.05. The summed E-state index contributed by atoms with van der Waals surface area (Å²) in [6.07, 6.45) is 1.75. The molecule has 1 aromatic carbocycles. The summed E-state index contributed by atoms with van der Waals surface area (Å²) in [4.78, 5) is 16.4. The number of anilines is 1. The standard InChI is InChI=1S/C15H13N3O/c1-11-6-5-9-14-17-13(10-18(11)14)15(19)16-12-7-3-2-4-8-12/h2-10H,1H3,(H,16,19). The number of hydrogen-bond acceptors (Lipinski definition) is 2. The highest BCUT2D eigenvalue weighted by atomic mass is 16.1. The molecule has 2 aromatic heterocycles.